The average molecular weight is 431 g/mol. The molecule has 1 aromatic rings. The number of hydrogen-bond acceptors (Lipinski definition) is 5. The highest BCUT2D eigenvalue weighted by Gasteiger charge is 2.51. The Morgan fingerprint density at radius 3 is 2.19 bits per heavy atom. The van der Waals surface area contributed by atoms with Crippen LogP contribution in [0, 0.1) is 11.8 Å². The maximum absolute atomic E-state index is 13.0. The van der Waals surface area contributed by atoms with Gasteiger partial charge in [0, 0.05) is 49.9 Å². The fourth-order valence-corrected chi connectivity index (χ4v) is 5.11. The summed E-state index contributed by atoms with van der Waals surface area (Å²) in [4.78, 5) is 42.0. The van der Waals surface area contributed by atoms with Crippen molar-refractivity contribution in [2.75, 3.05) is 31.1 Å². The third-order valence-corrected chi connectivity index (χ3v) is 6.93. The summed E-state index contributed by atoms with van der Waals surface area (Å²) >= 11 is 0. The van der Waals surface area contributed by atoms with E-state index in [1.165, 1.54) is 10.6 Å². The van der Waals surface area contributed by atoms with Crippen molar-refractivity contribution in [1.82, 2.24) is 15.3 Å². The molecule has 1 heterocycles. The molecule has 2 saturated carbocycles. The number of nitrogens with one attached hydrogen (secondary N) is 1. The molecule has 2 aliphatic carbocycles. The van der Waals surface area contributed by atoms with Gasteiger partial charge in [0.15, 0.2) is 0 Å². The lowest BCUT2D eigenvalue weighted by molar-refractivity contribution is -0.137. The predicted molar refractivity (Wildman–Crippen MR) is 113 cm³/mol. The van der Waals surface area contributed by atoms with E-state index < -0.39 is 17.9 Å². The second kappa shape index (κ2) is 9.13. The predicted octanol–water partition coefficient (Wildman–Crippen LogP) is 1.77. The van der Waals surface area contributed by atoms with Gasteiger partial charge >= 0.3 is 6.09 Å². The van der Waals surface area contributed by atoms with Crippen molar-refractivity contribution in [3.63, 3.8) is 0 Å². The molecule has 3 amide bonds. The Bertz CT molecular complexity index is 803. The number of hydroxylamine groups is 1. The lowest BCUT2D eigenvalue weighted by atomic mass is 9.84. The van der Waals surface area contributed by atoms with Crippen LogP contribution in [0.4, 0.5) is 10.5 Å². The molecule has 9 heteroatoms. The molecule has 31 heavy (non-hydrogen) atoms. The fraction of sp³-hybridized carbons (Fsp3) is 0.591. The highest BCUT2D eigenvalue weighted by atomic mass is 16.5. The second-order valence-electron chi connectivity index (χ2n) is 8.73. The number of rotatable bonds is 5. The minimum absolute atomic E-state index is 0.0640. The smallest absolute Gasteiger partial charge is 0.407 e. The zero-order chi connectivity index (χ0) is 22.0. The van der Waals surface area contributed by atoms with Crippen molar-refractivity contribution in [2.24, 2.45) is 11.8 Å². The van der Waals surface area contributed by atoms with Crippen molar-refractivity contribution in [2.45, 2.75) is 44.2 Å². The van der Waals surface area contributed by atoms with E-state index in [1.807, 2.05) is 23.1 Å². The van der Waals surface area contributed by atoms with Gasteiger partial charge in [0.05, 0.1) is 5.92 Å². The molecule has 1 aromatic carbocycles. The van der Waals surface area contributed by atoms with Crippen molar-refractivity contribution in [3.8, 4) is 0 Å². The standard InChI is InChI=1S/C22H30N4O5/c27-20(23-31)18-14-19(18)26(22(29)30)17-8-6-15(7-9-17)21(28)25-12-10-24(11-13-25)16-4-2-1-3-5-16/h1-5,15,17-19,31H,6-14H2,(H,23,27)(H,29,30)/t15?,17?,18-,19-/m0/s1. The lowest BCUT2D eigenvalue weighted by Gasteiger charge is -2.40. The van der Waals surface area contributed by atoms with Crippen LogP contribution < -0.4 is 10.4 Å². The molecule has 2 atom stereocenters. The monoisotopic (exact) mass is 430 g/mol. The first kappa shape index (κ1) is 21.4. The molecule has 3 fully saturated rings. The topological polar surface area (TPSA) is 113 Å². The minimum Gasteiger partial charge on any atom is -0.465 e. The summed E-state index contributed by atoms with van der Waals surface area (Å²) in [6.45, 7) is 3.03. The Balaban J connectivity index is 1.27. The molecule has 9 nitrogen and oxygen atoms in total. The van der Waals surface area contributed by atoms with Crippen LogP contribution in [0.15, 0.2) is 30.3 Å². The highest BCUT2D eigenvalue weighted by Crippen LogP contribution is 2.40. The van der Waals surface area contributed by atoms with Crippen LogP contribution in [0.25, 0.3) is 0 Å². The van der Waals surface area contributed by atoms with Crippen LogP contribution in [0.1, 0.15) is 32.1 Å². The van der Waals surface area contributed by atoms with Gasteiger partial charge in [-0.05, 0) is 44.2 Å². The molecule has 168 valence electrons. The molecule has 0 unspecified atom stereocenters. The third kappa shape index (κ3) is 4.61. The number of para-hydroxylation sites is 1. The number of carbonyl (C=O) groups excluding carboxylic acids is 2. The van der Waals surface area contributed by atoms with Crippen LogP contribution >= 0.6 is 0 Å². The maximum atomic E-state index is 13.0. The van der Waals surface area contributed by atoms with Crippen molar-refractivity contribution >= 4 is 23.6 Å². The van der Waals surface area contributed by atoms with E-state index in [0.717, 1.165) is 13.1 Å². The van der Waals surface area contributed by atoms with Crippen LogP contribution in [0.5, 0.6) is 0 Å². The van der Waals surface area contributed by atoms with Crippen molar-refractivity contribution in [3.05, 3.63) is 30.3 Å². The van der Waals surface area contributed by atoms with Crippen molar-refractivity contribution in [1.29, 1.82) is 0 Å². The number of piperazine rings is 1. The first-order valence-corrected chi connectivity index (χ1v) is 11.0. The molecule has 0 aromatic heterocycles. The Labute approximate surface area is 181 Å². The van der Waals surface area contributed by atoms with Gasteiger partial charge in [-0.3, -0.25) is 14.8 Å². The summed E-state index contributed by atoms with van der Waals surface area (Å²) in [6.07, 6.45) is 1.97. The minimum atomic E-state index is -1.04. The number of anilines is 1. The molecule has 4 rings (SSSR count). The molecule has 0 bridgehead atoms. The number of amides is 3. The first-order valence-electron chi connectivity index (χ1n) is 11.0. The van der Waals surface area contributed by atoms with Gasteiger partial charge in [0.25, 0.3) is 0 Å². The number of hydrogen-bond donors (Lipinski definition) is 3. The summed E-state index contributed by atoms with van der Waals surface area (Å²) in [6, 6.07) is 9.64. The van der Waals surface area contributed by atoms with E-state index in [4.69, 9.17) is 5.21 Å². The Kier molecular flexibility index (Phi) is 6.31. The fourth-order valence-electron chi connectivity index (χ4n) is 5.11. The summed E-state index contributed by atoms with van der Waals surface area (Å²) in [5, 5.41) is 18.4. The van der Waals surface area contributed by atoms with Gasteiger partial charge in [-0.25, -0.2) is 10.3 Å². The van der Waals surface area contributed by atoms with E-state index in [0.29, 0.717) is 45.2 Å². The van der Waals surface area contributed by atoms with Gasteiger partial charge in [-0.1, -0.05) is 18.2 Å². The summed E-state index contributed by atoms with van der Waals surface area (Å²) in [5.41, 5.74) is 2.79. The molecular formula is C22H30N4O5. The van der Waals surface area contributed by atoms with Gasteiger partial charge in [-0.2, -0.15) is 0 Å². The normalized spacial score (nSPS) is 28.0. The second-order valence-corrected chi connectivity index (χ2v) is 8.73. The zero-order valence-corrected chi connectivity index (χ0v) is 17.5. The molecule has 0 spiro atoms. The summed E-state index contributed by atoms with van der Waals surface area (Å²) in [7, 11) is 0. The summed E-state index contributed by atoms with van der Waals surface area (Å²) < 4.78 is 0. The van der Waals surface area contributed by atoms with E-state index in [9.17, 15) is 19.5 Å². The van der Waals surface area contributed by atoms with Gasteiger partial charge in [0.1, 0.15) is 0 Å². The number of benzene rings is 1. The highest BCUT2D eigenvalue weighted by molar-refractivity contribution is 5.82. The number of carboxylic acid groups (broad SMARTS) is 1. The largest absolute Gasteiger partial charge is 0.465 e. The van der Waals surface area contributed by atoms with Crippen LogP contribution in [-0.4, -0.2) is 76.3 Å². The molecule has 3 N–H and O–H groups in total. The van der Waals surface area contributed by atoms with E-state index >= 15 is 0 Å². The molecular weight excluding hydrogens is 400 g/mol. The zero-order valence-electron chi connectivity index (χ0n) is 17.5. The molecule has 1 saturated heterocycles. The summed E-state index contributed by atoms with van der Waals surface area (Å²) in [5.74, 6) is -0.904. The van der Waals surface area contributed by atoms with Crippen LogP contribution in [-0.2, 0) is 9.59 Å². The van der Waals surface area contributed by atoms with Gasteiger partial charge in [-0.15, -0.1) is 0 Å². The molecule has 1 aliphatic heterocycles. The lowest BCUT2D eigenvalue weighted by Crippen LogP contribution is -2.51. The van der Waals surface area contributed by atoms with E-state index in [2.05, 4.69) is 17.0 Å². The average Bonchev–Trinajstić information content (AvgIpc) is 3.59. The number of nitrogens with zero attached hydrogens (tertiary/aromatic N) is 3. The quantitative estimate of drug-likeness (QED) is 0.485. The first-order chi connectivity index (χ1) is 15.0. The van der Waals surface area contributed by atoms with Crippen molar-refractivity contribution < 1.29 is 24.7 Å². The van der Waals surface area contributed by atoms with Gasteiger partial charge in [0.2, 0.25) is 11.8 Å². The van der Waals surface area contributed by atoms with E-state index in [-0.39, 0.29) is 23.9 Å². The molecule has 3 aliphatic rings. The van der Waals surface area contributed by atoms with Crippen LogP contribution in [0.3, 0.4) is 0 Å². The maximum Gasteiger partial charge on any atom is 0.407 e. The van der Waals surface area contributed by atoms with Gasteiger partial charge < -0.3 is 19.8 Å². The SMILES string of the molecule is O=C(NO)[C@H]1C[C@@H]1N(C(=O)O)C1CCC(C(=O)N2CCN(c3ccccc3)CC2)CC1. The molecule has 0 radical (unpaired) electrons. The Hall–Kier alpha value is -2.81. The Morgan fingerprint density at radius 2 is 1.61 bits per heavy atom. The Morgan fingerprint density at radius 1 is 0.968 bits per heavy atom. The van der Waals surface area contributed by atoms with Crippen LogP contribution in [0.2, 0.25) is 0 Å². The third-order valence-electron chi connectivity index (χ3n) is 6.93. The van der Waals surface area contributed by atoms with E-state index in [1.54, 1.807) is 5.48 Å². The number of carbonyl (C=O) groups is 3.